The second-order valence-corrected chi connectivity index (χ2v) is 6.41. The van der Waals surface area contributed by atoms with Crippen LogP contribution in [0.25, 0.3) is 32.8 Å². The van der Waals surface area contributed by atoms with Crippen LogP contribution in [0.4, 0.5) is 0 Å². The smallest absolute Gasteiger partial charge is 0.0902 e. The lowest BCUT2D eigenvalue weighted by Gasteiger charge is -2.09. The molecular formula is C21H13Cl2N. The van der Waals surface area contributed by atoms with Gasteiger partial charge in [-0.25, -0.2) is 4.98 Å². The van der Waals surface area contributed by atoms with Crippen LogP contribution in [0, 0.1) is 0 Å². The third kappa shape index (κ3) is 2.77. The van der Waals surface area contributed by atoms with Crippen molar-refractivity contribution in [2.24, 2.45) is 0 Å². The summed E-state index contributed by atoms with van der Waals surface area (Å²) < 4.78 is 0. The Kier molecular flexibility index (Phi) is 3.97. The van der Waals surface area contributed by atoms with E-state index in [0.29, 0.717) is 10.1 Å². The number of hydrogen-bond donors (Lipinski definition) is 0. The molecule has 0 spiro atoms. The molecule has 0 amide bonds. The maximum Gasteiger partial charge on any atom is 0.0902 e. The van der Waals surface area contributed by atoms with E-state index >= 15 is 0 Å². The van der Waals surface area contributed by atoms with Crippen LogP contribution in [0.3, 0.4) is 0 Å². The molecule has 3 aromatic carbocycles. The molecule has 1 heterocycles. The molecule has 1 aromatic heterocycles. The zero-order valence-corrected chi connectivity index (χ0v) is 14.2. The summed E-state index contributed by atoms with van der Waals surface area (Å²) in [6.07, 6.45) is 1.92. The minimum atomic E-state index is 0.610. The summed E-state index contributed by atoms with van der Waals surface area (Å²) in [6.45, 7) is 0. The Balaban J connectivity index is 1.96. The van der Waals surface area contributed by atoms with Gasteiger partial charge in [-0.1, -0.05) is 77.8 Å². The summed E-state index contributed by atoms with van der Waals surface area (Å²) in [7, 11) is 0. The second kappa shape index (κ2) is 6.27. The lowest BCUT2D eigenvalue weighted by Crippen LogP contribution is -1.90. The summed E-state index contributed by atoms with van der Waals surface area (Å²) >= 11 is 12.6. The minimum Gasteiger partial charge on any atom is -0.246 e. The van der Waals surface area contributed by atoms with E-state index in [1.165, 1.54) is 0 Å². The number of benzene rings is 3. The number of pyridine rings is 1. The van der Waals surface area contributed by atoms with Crippen molar-refractivity contribution in [1.82, 2.24) is 4.98 Å². The van der Waals surface area contributed by atoms with Crippen LogP contribution in [0.5, 0.6) is 0 Å². The molecule has 0 unspecified atom stereocenters. The van der Waals surface area contributed by atoms with Gasteiger partial charge in [0.05, 0.1) is 16.2 Å². The Bertz CT molecular complexity index is 1070. The van der Waals surface area contributed by atoms with E-state index < -0.39 is 0 Å². The third-order valence-corrected chi connectivity index (χ3v) is 4.54. The van der Waals surface area contributed by atoms with Crippen LogP contribution in [-0.2, 0) is 0 Å². The summed E-state index contributed by atoms with van der Waals surface area (Å²) in [4.78, 5) is 4.79. The van der Waals surface area contributed by atoms with Crippen LogP contribution < -0.4 is 0 Å². The number of para-hydroxylation sites is 1. The van der Waals surface area contributed by atoms with Gasteiger partial charge in [-0.05, 0) is 35.2 Å². The number of fused-ring (bicyclic) bond motifs is 3. The fourth-order valence-corrected chi connectivity index (χ4v) is 3.26. The summed E-state index contributed by atoms with van der Waals surface area (Å²) in [5.74, 6) is 0. The topological polar surface area (TPSA) is 12.9 Å². The van der Waals surface area contributed by atoms with Gasteiger partial charge in [0.25, 0.3) is 0 Å². The average molecular weight is 350 g/mol. The quantitative estimate of drug-likeness (QED) is 0.363. The first-order valence-electron chi connectivity index (χ1n) is 7.63. The Morgan fingerprint density at radius 1 is 0.750 bits per heavy atom. The van der Waals surface area contributed by atoms with Gasteiger partial charge in [-0.2, -0.15) is 0 Å². The van der Waals surface area contributed by atoms with Gasteiger partial charge in [0.15, 0.2) is 0 Å². The van der Waals surface area contributed by atoms with Crippen molar-refractivity contribution in [3.8, 4) is 0 Å². The van der Waals surface area contributed by atoms with Crippen LogP contribution in [-0.4, -0.2) is 4.98 Å². The molecule has 0 aliphatic heterocycles. The molecule has 4 aromatic rings. The van der Waals surface area contributed by atoms with E-state index in [4.69, 9.17) is 28.2 Å². The van der Waals surface area contributed by atoms with Gasteiger partial charge >= 0.3 is 0 Å². The van der Waals surface area contributed by atoms with Crippen LogP contribution in [0.1, 0.15) is 11.3 Å². The molecule has 0 aliphatic rings. The number of halogens is 2. The SMILES string of the molecule is Cl/C(=C\c1ccc(Cl)cc1)c1nc2ccccc2c2ccccc12. The number of nitrogens with zero attached hydrogens (tertiary/aromatic N) is 1. The summed E-state index contributed by atoms with van der Waals surface area (Å²) in [5.41, 5.74) is 2.72. The largest absolute Gasteiger partial charge is 0.246 e. The van der Waals surface area contributed by atoms with Crippen LogP contribution in [0.15, 0.2) is 72.8 Å². The Morgan fingerprint density at radius 3 is 2.12 bits per heavy atom. The highest BCUT2D eigenvalue weighted by Crippen LogP contribution is 2.32. The van der Waals surface area contributed by atoms with Gasteiger partial charge in [0.2, 0.25) is 0 Å². The predicted molar refractivity (Wildman–Crippen MR) is 104 cm³/mol. The van der Waals surface area contributed by atoms with Crippen LogP contribution in [0.2, 0.25) is 5.02 Å². The molecule has 0 saturated carbocycles. The maximum absolute atomic E-state index is 6.63. The molecule has 24 heavy (non-hydrogen) atoms. The molecule has 0 fully saturated rings. The van der Waals surface area contributed by atoms with E-state index in [9.17, 15) is 0 Å². The van der Waals surface area contributed by atoms with Crippen molar-refractivity contribution in [2.45, 2.75) is 0 Å². The lowest BCUT2D eigenvalue weighted by molar-refractivity contribution is 1.40. The molecular weight excluding hydrogens is 337 g/mol. The lowest BCUT2D eigenvalue weighted by atomic mass is 10.0. The van der Waals surface area contributed by atoms with E-state index in [1.54, 1.807) is 0 Å². The normalized spacial score (nSPS) is 12.0. The van der Waals surface area contributed by atoms with E-state index in [1.807, 2.05) is 60.7 Å². The Hall–Kier alpha value is -2.35. The van der Waals surface area contributed by atoms with Crippen molar-refractivity contribution in [3.63, 3.8) is 0 Å². The third-order valence-electron chi connectivity index (χ3n) is 4.00. The second-order valence-electron chi connectivity index (χ2n) is 5.57. The summed E-state index contributed by atoms with van der Waals surface area (Å²) in [5, 5.41) is 4.65. The van der Waals surface area contributed by atoms with Crippen LogP contribution >= 0.6 is 23.2 Å². The molecule has 4 rings (SSSR count). The first kappa shape index (κ1) is 15.2. The molecule has 0 saturated heterocycles. The zero-order chi connectivity index (χ0) is 16.5. The molecule has 0 atom stereocenters. The van der Waals surface area contributed by atoms with Crippen molar-refractivity contribution < 1.29 is 0 Å². The van der Waals surface area contributed by atoms with Gasteiger partial charge in [0.1, 0.15) is 0 Å². The van der Waals surface area contributed by atoms with E-state index in [0.717, 1.165) is 32.9 Å². The molecule has 0 N–H and O–H groups in total. The first-order chi connectivity index (χ1) is 11.7. The van der Waals surface area contributed by atoms with E-state index in [2.05, 4.69) is 18.2 Å². The fraction of sp³-hybridized carbons (Fsp3) is 0. The monoisotopic (exact) mass is 349 g/mol. The highest BCUT2D eigenvalue weighted by molar-refractivity contribution is 6.52. The number of rotatable bonds is 2. The van der Waals surface area contributed by atoms with Crippen molar-refractivity contribution >= 4 is 56.0 Å². The number of hydrogen-bond acceptors (Lipinski definition) is 1. The number of aromatic nitrogens is 1. The van der Waals surface area contributed by atoms with Gasteiger partial charge in [-0.15, -0.1) is 0 Å². The maximum atomic E-state index is 6.63. The Morgan fingerprint density at radius 2 is 1.38 bits per heavy atom. The molecule has 116 valence electrons. The highest BCUT2D eigenvalue weighted by Gasteiger charge is 2.10. The minimum absolute atomic E-state index is 0.610. The first-order valence-corrected chi connectivity index (χ1v) is 8.38. The molecule has 3 heteroatoms. The van der Waals surface area contributed by atoms with Gasteiger partial charge in [-0.3, -0.25) is 0 Å². The van der Waals surface area contributed by atoms with Crippen molar-refractivity contribution in [2.75, 3.05) is 0 Å². The zero-order valence-electron chi connectivity index (χ0n) is 12.7. The molecule has 1 nitrogen and oxygen atoms in total. The average Bonchev–Trinajstić information content (AvgIpc) is 2.63. The van der Waals surface area contributed by atoms with Crippen molar-refractivity contribution in [3.05, 3.63) is 89.1 Å². The molecule has 0 radical (unpaired) electrons. The molecule has 0 bridgehead atoms. The predicted octanol–water partition coefficient (Wildman–Crippen LogP) is 6.78. The molecule has 0 aliphatic carbocycles. The fourth-order valence-electron chi connectivity index (χ4n) is 2.86. The van der Waals surface area contributed by atoms with E-state index in [-0.39, 0.29) is 0 Å². The van der Waals surface area contributed by atoms with Gasteiger partial charge < -0.3 is 0 Å². The van der Waals surface area contributed by atoms with Gasteiger partial charge in [0, 0.05) is 15.8 Å². The highest BCUT2D eigenvalue weighted by atomic mass is 35.5. The van der Waals surface area contributed by atoms with Crippen molar-refractivity contribution in [1.29, 1.82) is 0 Å². The standard InChI is InChI=1S/C21H13Cl2N/c22-15-11-9-14(10-12-15)13-19(23)21-18-7-2-1-5-16(18)17-6-3-4-8-20(17)24-21/h1-13H/b19-13-. The Labute approximate surface area is 150 Å². The summed E-state index contributed by atoms with van der Waals surface area (Å²) in [6, 6.07) is 23.9.